The van der Waals surface area contributed by atoms with Crippen molar-refractivity contribution in [1.82, 2.24) is 10.2 Å². The number of hydrogen-bond donors (Lipinski definition) is 1. The Morgan fingerprint density at radius 3 is 2.11 bits per heavy atom. The number of rotatable bonds is 7. The van der Waals surface area contributed by atoms with Crippen molar-refractivity contribution in [3.8, 4) is 0 Å². The van der Waals surface area contributed by atoms with E-state index in [9.17, 15) is 8.78 Å². The fraction of sp³-hybridized carbons (Fsp3) is 0.571. The molecule has 0 saturated carbocycles. The molecule has 0 saturated heterocycles. The first kappa shape index (κ1) is 15.1. The third-order valence-corrected chi connectivity index (χ3v) is 3.26. The highest BCUT2D eigenvalue weighted by Gasteiger charge is 2.13. The zero-order valence-electron chi connectivity index (χ0n) is 11.3. The van der Waals surface area contributed by atoms with Crippen LogP contribution >= 0.6 is 0 Å². The summed E-state index contributed by atoms with van der Waals surface area (Å²) in [6.45, 7) is 7.12. The van der Waals surface area contributed by atoms with Crippen molar-refractivity contribution in [1.29, 1.82) is 0 Å². The van der Waals surface area contributed by atoms with Crippen molar-refractivity contribution in [3.05, 3.63) is 35.4 Å². The molecular weight excluding hydrogens is 234 g/mol. The molecule has 0 fully saturated rings. The minimum absolute atomic E-state index is 0.0178. The van der Waals surface area contributed by atoms with E-state index < -0.39 is 11.6 Å². The molecule has 1 N–H and O–H groups in total. The lowest BCUT2D eigenvalue weighted by molar-refractivity contribution is 0.284. The normalized spacial score (nSPS) is 13.0. The van der Waals surface area contributed by atoms with Gasteiger partial charge in [0.25, 0.3) is 0 Å². The van der Waals surface area contributed by atoms with Crippen LogP contribution in [0.3, 0.4) is 0 Å². The van der Waals surface area contributed by atoms with E-state index >= 15 is 0 Å². The van der Waals surface area contributed by atoms with Crippen LogP contribution in [0.4, 0.5) is 8.78 Å². The monoisotopic (exact) mass is 256 g/mol. The van der Waals surface area contributed by atoms with E-state index in [-0.39, 0.29) is 6.04 Å². The predicted molar refractivity (Wildman–Crippen MR) is 70.6 cm³/mol. The van der Waals surface area contributed by atoms with E-state index in [2.05, 4.69) is 24.1 Å². The molecule has 1 unspecified atom stereocenters. The summed E-state index contributed by atoms with van der Waals surface area (Å²) >= 11 is 0. The molecule has 0 bridgehead atoms. The molecule has 0 radical (unpaired) electrons. The number of benzene rings is 1. The van der Waals surface area contributed by atoms with E-state index in [0.29, 0.717) is 5.56 Å². The lowest BCUT2D eigenvalue weighted by Crippen LogP contribution is -2.28. The molecule has 0 aliphatic heterocycles. The smallest absolute Gasteiger partial charge is 0.126 e. The molecule has 1 rings (SSSR count). The van der Waals surface area contributed by atoms with Crippen molar-refractivity contribution < 1.29 is 8.78 Å². The van der Waals surface area contributed by atoms with Gasteiger partial charge in [0.15, 0.2) is 0 Å². The minimum atomic E-state index is -0.520. The van der Waals surface area contributed by atoms with E-state index in [1.54, 1.807) is 0 Å². The van der Waals surface area contributed by atoms with Gasteiger partial charge in [-0.05, 0) is 50.8 Å². The molecule has 2 nitrogen and oxygen atoms in total. The van der Waals surface area contributed by atoms with Crippen LogP contribution in [0.15, 0.2) is 18.2 Å². The van der Waals surface area contributed by atoms with E-state index in [4.69, 9.17) is 0 Å². The highest BCUT2D eigenvalue weighted by molar-refractivity contribution is 5.21. The number of halogens is 2. The minimum Gasteiger partial charge on any atom is -0.313 e. The van der Waals surface area contributed by atoms with Crippen LogP contribution in [-0.4, -0.2) is 31.6 Å². The molecule has 0 heterocycles. The molecule has 0 aromatic heterocycles. The molecular formula is C14H22F2N2. The third kappa shape index (κ3) is 4.35. The molecule has 1 aromatic carbocycles. The van der Waals surface area contributed by atoms with Crippen LogP contribution < -0.4 is 5.32 Å². The highest BCUT2D eigenvalue weighted by Crippen LogP contribution is 2.19. The second-order valence-corrected chi connectivity index (χ2v) is 4.36. The number of nitrogens with zero attached hydrogens (tertiary/aromatic N) is 1. The van der Waals surface area contributed by atoms with Gasteiger partial charge < -0.3 is 10.2 Å². The second-order valence-electron chi connectivity index (χ2n) is 4.36. The van der Waals surface area contributed by atoms with Crippen molar-refractivity contribution >= 4 is 0 Å². The van der Waals surface area contributed by atoms with Gasteiger partial charge in [0.1, 0.15) is 11.6 Å². The van der Waals surface area contributed by atoms with Gasteiger partial charge in [-0.15, -0.1) is 0 Å². The predicted octanol–water partition coefficient (Wildman–Crippen LogP) is 2.96. The van der Waals surface area contributed by atoms with Crippen LogP contribution in [0.2, 0.25) is 0 Å². The Labute approximate surface area is 108 Å². The fourth-order valence-corrected chi connectivity index (χ4v) is 2.11. The molecule has 0 amide bonds. The molecule has 0 aliphatic carbocycles. The van der Waals surface area contributed by atoms with Gasteiger partial charge in [0.2, 0.25) is 0 Å². The lowest BCUT2D eigenvalue weighted by Gasteiger charge is -2.22. The summed E-state index contributed by atoms with van der Waals surface area (Å²) in [5.74, 6) is -1.04. The molecule has 4 heteroatoms. The average Bonchev–Trinajstić information content (AvgIpc) is 2.33. The summed E-state index contributed by atoms with van der Waals surface area (Å²) in [4.78, 5) is 2.29. The van der Waals surface area contributed by atoms with E-state index in [1.807, 2.05) is 7.05 Å². The molecule has 0 spiro atoms. The van der Waals surface area contributed by atoms with E-state index in [1.165, 1.54) is 12.1 Å². The molecule has 1 atom stereocenters. The maximum Gasteiger partial charge on any atom is 0.126 e. The van der Waals surface area contributed by atoms with Crippen LogP contribution in [0.25, 0.3) is 0 Å². The first-order chi connectivity index (χ1) is 8.60. The topological polar surface area (TPSA) is 15.3 Å². The van der Waals surface area contributed by atoms with Gasteiger partial charge in [0.05, 0.1) is 0 Å². The average molecular weight is 256 g/mol. The van der Waals surface area contributed by atoms with Gasteiger partial charge in [-0.3, -0.25) is 0 Å². The van der Waals surface area contributed by atoms with Crippen LogP contribution in [-0.2, 0) is 0 Å². The largest absolute Gasteiger partial charge is 0.313 e. The zero-order valence-corrected chi connectivity index (χ0v) is 11.3. The molecule has 1 aromatic rings. The Hall–Kier alpha value is -1.00. The second kappa shape index (κ2) is 7.44. The molecule has 102 valence electrons. The van der Waals surface area contributed by atoms with Crippen molar-refractivity contribution in [2.24, 2.45) is 0 Å². The van der Waals surface area contributed by atoms with Crippen LogP contribution in [0.1, 0.15) is 31.9 Å². The maximum absolute atomic E-state index is 13.2. The van der Waals surface area contributed by atoms with Crippen LogP contribution in [0.5, 0.6) is 0 Å². The summed E-state index contributed by atoms with van der Waals surface area (Å²) in [5, 5.41) is 3.12. The SMILES string of the molecule is CCN(CC)CCC(NC)c1cc(F)cc(F)c1. The first-order valence-corrected chi connectivity index (χ1v) is 6.46. The lowest BCUT2D eigenvalue weighted by atomic mass is 10.0. The van der Waals surface area contributed by atoms with E-state index in [0.717, 1.165) is 32.1 Å². The zero-order chi connectivity index (χ0) is 13.5. The first-order valence-electron chi connectivity index (χ1n) is 6.46. The van der Waals surface area contributed by atoms with Crippen LogP contribution in [0, 0.1) is 11.6 Å². The number of nitrogens with one attached hydrogen (secondary N) is 1. The van der Waals surface area contributed by atoms with Gasteiger partial charge in [-0.1, -0.05) is 13.8 Å². The standard InChI is InChI=1S/C14H22F2N2/c1-4-18(5-2)7-6-14(17-3)11-8-12(15)10-13(16)9-11/h8-10,14,17H,4-7H2,1-3H3. The summed E-state index contributed by atoms with van der Waals surface area (Å²) in [6, 6.07) is 3.68. The molecule has 18 heavy (non-hydrogen) atoms. The van der Waals surface area contributed by atoms with Crippen molar-refractivity contribution in [3.63, 3.8) is 0 Å². The highest BCUT2D eigenvalue weighted by atomic mass is 19.1. The van der Waals surface area contributed by atoms with Gasteiger partial charge in [0, 0.05) is 12.1 Å². The molecule has 0 aliphatic rings. The Kier molecular flexibility index (Phi) is 6.22. The van der Waals surface area contributed by atoms with Crippen molar-refractivity contribution in [2.75, 3.05) is 26.7 Å². The Bertz CT molecular complexity index is 345. The number of hydrogen-bond acceptors (Lipinski definition) is 2. The summed E-state index contributed by atoms with van der Waals surface area (Å²) in [6.07, 6.45) is 0.834. The fourth-order valence-electron chi connectivity index (χ4n) is 2.11. The van der Waals surface area contributed by atoms with Crippen molar-refractivity contribution in [2.45, 2.75) is 26.3 Å². The quantitative estimate of drug-likeness (QED) is 0.807. The summed E-state index contributed by atoms with van der Waals surface area (Å²) in [5.41, 5.74) is 0.669. The Morgan fingerprint density at radius 1 is 1.11 bits per heavy atom. The van der Waals surface area contributed by atoms with Gasteiger partial charge >= 0.3 is 0 Å². The summed E-state index contributed by atoms with van der Waals surface area (Å²) < 4.78 is 26.4. The Balaban J connectivity index is 2.70. The maximum atomic E-state index is 13.2. The Morgan fingerprint density at radius 2 is 1.67 bits per heavy atom. The third-order valence-electron chi connectivity index (χ3n) is 3.26. The van der Waals surface area contributed by atoms with Gasteiger partial charge in [-0.25, -0.2) is 8.78 Å². The summed E-state index contributed by atoms with van der Waals surface area (Å²) in [7, 11) is 1.82. The van der Waals surface area contributed by atoms with Gasteiger partial charge in [-0.2, -0.15) is 0 Å².